The van der Waals surface area contributed by atoms with Crippen molar-refractivity contribution in [1.29, 1.82) is 0 Å². The van der Waals surface area contributed by atoms with Crippen LogP contribution in [-0.2, 0) is 14.3 Å². The van der Waals surface area contributed by atoms with E-state index in [0.717, 1.165) is 13.0 Å². The maximum absolute atomic E-state index is 6.35. The summed E-state index contributed by atoms with van der Waals surface area (Å²) in [6, 6.07) is 0.351. The van der Waals surface area contributed by atoms with E-state index in [1.54, 1.807) is 0 Å². The summed E-state index contributed by atoms with van der Waals surface area (Å²) >= 11 is 0. The number of hydrogen-bond acceptors (Lipinski definition) is 4. The quantitative estimate of drug-likeness (QED) is 0.779. The molecular formula is C16H29NO3. The van der Waals surface area contributed by atoms with Crippen molar-refractivity contribution in [3.63, 3.8) is 0 Å². The second-order valence-electron chi connectivity index (χ2n) is 8.61. The van der Waals surface area contributed by atoms with Crippen molar-refractivity contribution in [3.8, 4) is 0 Å². The SMILES string of the molecule is CC(C)(C)O[C@@H]1[C@H]2CC3(CC3)ON2C[C@H]1OC(C)(C)C. The highest BCUT2D eigenvalue weighted by atomic mass is 16.7. The lowest BCUT2D eigenvalue weighted by Gasteiger charge is -2.34. The summed E-state index contributed by atoms with van der Waals surface area (Å²) in [5.41, 5.74) is -0.155. The summed E-state index contributed by atoms with van der Waals surface area (Å²) in [6.45, 7) is 13.5. The lowest BCUT2D eigenvalue weighted by Crippen LogP contribution is -2.43. The van der Waals surface area contributed by atoms with Crippen molar-refractivity contribution in [2.24, 2.45) is 0 Å². The lowest BCUT2D eigenvalue weighted by atomic mass is 10.0. The van der Waals surface area contributed by atoms with Crippen LogP contribution in [0.3, 0.4) is 0 Å². The molecule has 0 aromatic heterocycles. The predicted molar refractivity (Wildman–Crippen MR) is 77.4 cm³/mol. The van der Waals surface area contributed by atoms with Crippen LogP contribution < -0.4 is 0 Å². The van der Waals surface area contributed by atoms with E-state index in [2.05, 4.69) is 46.6 Å². The number of hydrogen-bond donors (Lipinski definition) is 0. The minimum atomic E-state index is -0.153. The predicted octanol–water partition coefficient (Wildman–Crippen LogP) is 2.91. The van der Waals surface area contributed by atoms with Crippen LogP contribution >= 0.6 is 0 Å². The highest BCUT2D eigenvalue weighted by molar-refractivity contribution is 5.09. The summed E-state index contributed by atoms with van der Waals surface area (Å²) in [6.07, 6.45) is 3.70. The average Bonchev–Trinajstić information content (AvgIpc) is 2.78. The van der Waals surface area contributed by atoms with Gasteiger partial charge in [0.2, 0.25) is 0 Å². The Morgan fingerprint density at radius 2 is 1.60 bits per heavy atom. The number of fused-ring (bicyclic) bond motifs is 1. The molecule has 116 valence electrons. The van der Waals surface area contributed by atoms with Gasteiger partial charge in [0, 0.05) is 0 Å². The normalized spacial score (nSPS) is 36.6. The van der Waals surface area contributed by atoms with Crippen LogP contribution in [0.15, 0.2) is 0 Å². The van der Waals surface area contributed by atoms with E-state index in [4.69, 9.17) is 14.3 Å². The molecule has 1 aliphatic carbocycles. The third kappa shape index (κ3) is 3.03. The van der Waals surface area contributed by atoms with Gasteiger partial charge in [0.1, 0.15) is 12.2 Å². The molecule has 3 atom stereocenters. The molecule has 0 N–H and O–H groups in total. The molecule has 0 radical (unpaired) electrons. The highest BCUT2D eigenvalue weighted by Gasteiger charge is 2.61. The van der Waals surface area contributed by atoms with Gasteiger partial charge in [0.15, 0.2) is 0 Å². The summed E-state index contributed by atoms with van der Waals surface area (Å²) in [4.78, 5) is 6.15. The Morgan fingerprint density at radius 3 is 2.10 bits per heavy atom. The molecule has 1 saturated carbocycles. The zero-order chi connectivity index (χ0) is 14.8. The van der Waals surface area contributed by atoms with Gasteiger partial charge in [-0.15, -0.1) is 0 Å². The van der Waals surface area contributed by atoms with Gasteiger partial charge in [0.25, 0.3) is 0 Å². The van der Waals surface area contributed by atoms with Crippen LogP contribution in [0.4, 0.5) is 0 Å². The van der Waals surface area contributed by atoms with Crippen LogP contribution in [0.5, 0.6) is 0 Å². The minimum Gasteiger partial charge on any atom is -0.368 e. The van der Waals surface area contributed by atoms with Gasteiger partial charge < -0.3 is 9.47 Å². The molecule has 0 unspecified atom stereocenters. The Morgan fingerprint density at radius 1 is 1.00 bits per heavy atom. The van der Waals surface area contributed by atoms with E-state index in [1.165, 1.54) is 12.8 Å². The van der Waals surface area contributed by atoms with Gasteiger partial charge in [-0.05, 0) is 60.8 Å². The van der Waals surface area contributed by atoms with E-state index in [9.17, 15) is 0 Å². The average molecular weight is 283 g/mol. The maximum Gasteiger partial charge on any atom is 0.104 e. The first-order valence-corrected chi connectivity index (χ1v) is 7.88. The number of rotatable bonds is 2. The Kier molecular flexibility index (Phi) is 3.26. The van der Waals surface area contributed by atoms with Gasteiger partial charge in [-0.3, -0.25) is 4.84 Å². The van der Waals surface area contributed by atoms with Crippen LogP contribution in [-0.4, -0.2) is 46.7 Å². The van der Waals surface area contributed by atoms with Crippen LogP contribution in [0.2, 0.25) is 0 Å². The fourth-order valence-corrected chi connectivity index (χ4v) is 3.37. The lowest BCUT2D eigenvalue weighted by molar-refractivity contribution is -0.170. The van der Waals surface area contributed by atoms with Crippen LogP contribution in [0, 0.1) is 0 Å². The molecule has 0 amide bonds. The molecule has 4 nitrogen and oxygen atoms in total. The smallest absolute Gasteiger partial charge is 0.104 e. The standard InChI is InChI=1S/C16H29NO3/c1-14(2,3)18-12-10-17-11(9-16(20-17)7-8-16)13(12)19-15(4,5)6/h11-13H,7-10H2,1-6H3/t11-,12-,13-/m1/s1. The third-order valence-corrected chi connectivity index (χ3v) is 4.17. The molecule has 2 aliphatic heterocycles. The Labute approximate surface area is 122 Å². The Hall–Kier alpha value is -0.160. The van der Waals surface area contributed by atoms with Crippen LogP contribution in [0.25, 0.3) is 0 Å². The van der Waals surface area contributed by atoms with Crippen LogP contribution in [0.1, 0.15) is 60.8 Å². The summed E-state index contributed by atoms with van der Waals surface area (Å²) in [5.74, 6) is 0. The molecule has 0 aromatic carbocycles. The molecule has 2 saturated heterocycles. The molecule has 1 spiro atoms. The van der Waals surface area contributed by atoms with Crippen molar-refractivity contribution in [3.05, 3.63) is 0 Å². The minimum absolute atomic E-state index is 0.0929. The second kappa shape index (κ2) is 4.42. The fraction of sp³-hybridized carbons (Fsp3) is 1.00. The van der Waals surface area contributed by atoms with E-state index in [0.29, 0.717) is 6.04 Å². The summed E-state index contributed by atoms with van der Waals surface area (Å²) < 4.78 is 12.6. The topological polar surface area (TPSA) is 30.9 Å². The number of nitrogens with zero attached hydrogens (tertiary/aromatic N) is 1. The molecule has 3 fully saturated rings. The highest BCUT2D eigenvalue weighted by Crippen LogP contribution is 2.53. The monoisotopic (exact) mass is 283 g/mol. The zero-order valence-corrected chi connectivity index (χ0v) is 13.7. The largest absolute Gasteiger partial charge is 0.368 e. The molecule has 4 heteroatoms. The Bertz CT molecular complexity index is 378. The van der Waals surface area contributed by atoms with Crippen molar-refractivity contribution in [1.82, 2.24) is 5.06 Å². The van der Waals surface area contributed by atoms with E-state index >= 15 is 0 Å². The van der Waals surface area contributed by atoms with Gasteiger partial charge >= 0.3 is 0 Å². The molecular weight excluding hydrogens is 254 g/mol. The van der Waals surface area contributed by atoms with E-state index in [-0.39, 0.29) is 29.0 Å². The van der Waals surface area contributed by atoms with E-state index in [1.807, 2.05) is 0 Å². The molecule has 3 aliphatic rings. The fourth-order valence-electron chi connectivity index (χ4n) is 3.37. The summed E-state index contributed by atoms with van der Waals surface area (Å²) in [7, 11) is 0. The Balaban J connectivity index is 1.74. The molecule has 0 bridgehead atoms. The molecule has 3 rings (SSSR count). The first-order valence-electron chi connectivity index (χ1n) is 7.88. The molecule has 0 aromatic rings. The van der Waals surface area contributed by atoms with Crippen molar-refractivity contribution >= 4 is 0 Å². The van der Waals surface area contributed by atoms with Gasteiger partial charge in [-0.25, -0.2) is 0 Å². The van der Waals surface area contributed by atoms with Crippen molar-refractivity contribution < 1.29 is 14.3 Å². The number of hydroxylamine groups is 2. The van der Waals surface area contributed by atoms with E-state index < -0.39 is 0 Å². The van der Waals surface area contributed by atoms with Crippen molar-refractivity contribution in [2.75, 3.05) is 6.54 Å². The zero-order valence-electron chi connectivity index (χ0n) is 13.7. The number of ether oxygens (including phenoxy) is 2. The summed E-state index contributed by atoms with van der Waals surface area (Å²) in [5, 5.41) is 2.14. The first kappa shape index (κ1) is 14.8. The molecule has 20 heavy (non-hydrogen) atoms. The van der Waals surface area contributed by atoms with Gasteiger partial charge in [0.05, 0.1) is 29.4 Å². The van der Waals surface area contributed by atoms with Gasteiger partial charge in [-0.1, -0.05) is 0 Å². The van der Waals surface area contributed by atoms with Gasteiger partial charge in [-0.2, -0.15) is 5.06 Å². The van der Waals surface area contributed by atoms with Crippen molar-refractivity contribution in [2.45, 2.75) is 95.9 Å². The second-order valence-corrected chi connectivity index (χ2v) is 8.61. The molecule has 2 heterocycles. The maximum atomic E-state index is 6.35. The third-order valence-electron chi connectivity index (χ3n) is 4.17. The first-order chi connectivity index (χ1) is 9.07.